The number of likely N-dealkylation sites (tertiary alicyclic amines) is 1. The van der Waals surface area contributed by atoms with Crippen molar-refractivity contribution in [3.8, 4) is 0 Å². The number of likely N-dealkylation sites (N-methyl/N-ethyl adjacent to an activating group) is 1. The van der Waals surface area contributed by atoms with Crippen molar-refractivity contribution in [2.24, 2.45) is 0 Å². The Hall–Kier alpha value is -1.35. The number of benzene rings is 1. The van der Waals surface area contributed by atoms with Crippen molar-refractivity contribution in [2.75, 3.05) is 20.1 Å². The molecule has 2 heterocycles. The highest BCUT2D eigenvalue weighted by atomic mass is 15.2. The first kappa shape index (κ1) is 12.7. The Morgan fingerprint density at radius 3 is 2.68 bits per heavy atom. The zero-order valence-corrected chi connectivity index (χ0v) is 12.3. The predicted molar refractivity (Wildman–Crippen MR) is 79.6 cm³/mol. The van der Waals surface area contributed by atoms with Gasteiger partial charge in [-0.1, -0.05) is 26.8 Å². The summed E-state index contributed by atoms with van der Waals surface area (Å²) < 4.78 is 2.37. The summed E-state index contributed by atoms with van der Waals surface area (Å²) in [6.07, 6.45) is 3.24. The van der Waals surface area contributed by atoms with Gasteiger partial charge < -0.3 is 9.47 Å². The SMILES string of the molecule is CN1CCC(n2cnc3ccc(C(C)(C)C)cc32)C1. The third kappa shape index (κ3) is 2.27. The number of imidazole rings is 1. The topological polar surface area (TPSA) is 21.1 Å². The van der Waals surface area contributed by atoms with E-state index in [2.05, 4.69) is 60.5 Å². The van der Waals surface area contributed by atoms with Crippen LogP contribution in [0.15, 0.2) is 24.5 Å². The van der Waals surface area contributed by atoms with Crippen molar-refractivity contribution in [2.45, 2.75) is 38.6 Å². The lowest BCUT2D eigenvalue weighted by molar-refractivity contribution is 0.394. The van der Waals surface area contributed by atoms with Crippen molar-refractivity contribution in [3.63, 3.8) is 0 Å². The molecule has 3 nitrogen and oxygen atoms in total. The van der Waals surface area contributed by atoms with Gasteiger partial charge in [-0.25, -0.2) is 4.98 Å². The predicted octanol–water partition coefficient (Wildman–Crippen LogP) is 3.21. The lowest BCUT2D eigenvalue weighted by atomic mass is 9.87. The van der Waals surface area contributed by atoms with Crippen molar-refractivity contribution in [1.29, 1.82) is 0 Å². The summed E-state index contributed by atoms with van der Waals surface area (Å²) in [6, 6.07) is 7.26. The third-order valence-corrected chi connectivity index (χ3v) is 4.20. The quantitative estimate of drug-likeness (QED) is 0.782. The Kier molecular flexibility index (Phi) is 2.90. The molecule has 0 saturated carbocycles. The highest BCUT2D eigenvalue weighted by molar-refractivity contribution is 5.76. The van der Waals surface area contributed by atoms with Crippen LogP contribution >= 0.6 is 0 Å². The van der Waals surface area contributed by atoms with Crippen LogP contribution in [-0.2, 0) is 5.41 Å². The summed E-state index contributed by atoms with van der Waals surface area (Å²) in [7, 11) is 2.19. The molecule has 3 heteroatoms. The van der Waals surface area contributed by atoms with Gasteiger partial charge in [0.15, 0.2) is 0 Å². The maximum atomic E-state index is 4.56. The largest absolute Gasteiger partial charge is 0.326 e. The van der Waals surface area contributed by atoms with Crippen LogP contribution in [0.3, 0.4) is 0 Å². The Balaban J connectivity index is 2.06. The van der Waals surface area contributed by atoms with Gasteiger partial charge in [-0.05, 0) is 43.1 Å². The van der Waals surface area contributed by atoms with E-state index in [0.29, 0.717) is 6.04 Å². The minimum atomic E-state index is 0.190. The molecule has 0 spiro atoms. The van der Waals surface area contributed by atoms with E-state index in [1.807, 2.05) is 6.33 Å². The van der Waals surface area contributed by atoms with E-state index in [4.69, 9.17) is 0 Å². The summed E-state index contributed by atoms with van der Waals surface area (Å²) in [4.78, 5) is 6.95. The molecule has 1 fully saturated rings. The van der Waals surface area contributed by atoms with E-state index in [0.717, 1.165) is 12.1 Å². The highest BCUT2D eigenvalue weighted by Gasteiger charge is 2.23. The van der Waals surface area contributed by atoms with Gasteiger partial charge in [-0.15, -0.1) is 0 Å². The molecule has 19 heavy (non-hydrogen) atoms. The van der Waals surface area contributed by atoms with Gasteiger partial charge in [-0.2, -0.15) is 0 Å². The highest BCUT2D eigenvalue weighted by Crippen LogP contribution is 2.29. The maximum Gasteiger partial charge on any atom is 0.0961 e. The average molecular weight is 257 g/mol. The number of aromatic nitrogens is 2. The fourth-order valence-corrected chi connectivity index (χ4v) is 2.92. The van der Waals surface area contributed by atoms with Crippen LogP contribution in [0.2, 0.25) is 0 Å². The Labute approximate surface area is 115 Å². The monoisotopic (exact) mass is 257 g/mol. The summed E-state index contributed by atoms with van der Waals surface area (Å²) in [6.45, 7) is 9.10. The third-order valence-electron chi connectivity index (χ3n) is 4.20. The molecule has 1 aromatic carbocycles. The van der Waals surface area contributed by atoms with E-state index in [9.17, 15) is 0 Å². The molecule has 1 aromatic heterocycles. The molecular weight excluding hydrogens is 234 g/mol. The molecule has 0 amide bonds. The number of hydrogen-bond acceptors (Lipinski definition) is 2. The molecule has 1 saturated heterocycles. The lowest BCUT2D eigenvalue weighted by Gasteiger charge is -2.20. The fourth-order valence-electron chi connectivity index (χ4n) is 2.92. The normalized spacial score (nSPS) is 21.4. The van der Waals surface area contributed by atoms with Gasteiger partial charge in [0.2, 0.25) is 0 Å². The Morgan fingerprint density at radius 1 is 1.26 bits per heavy atom. The number of fused-ring (bicyclic) bond motifs is 1. The van der Waals surface area contributed by atoms with Gasteiger partial charge in [0.05, 0.1) is 17.4 Å². The Morgan fingerprint density at radius 2 is 2.05 bits per heavy atom. The molecule has 0 bridgehead atoms. The molecule has 0 N–H and O–H groups in total. The number of nitrogens with zero attached hydrogens (tertiary/aromatic N) is 3. The second kappa shape index (κ2) is 4.34. The lowest BCUT2D eigenvalue weighted by Crippen LogP contribution is -2.16. The van der Waals surface area contributed by atoms with E-state index in [1.54, 1.807) is 0 Å². The van der Waals surface area contributed by atoms with Crippen molar-refractivity contribution in [3.05, 3.63) is 30.1 Å². The Bertz CT molecular complexity index is 592. The molecule has 1 unspecified atom stereocenters. The minimum Gasteiger partial charge on any atom is -0.326 e. The molecule has 1 aliphatic heterocycles. The molecule has 2 aromatic rings. The smallest absolute Gasteiger partial charge is 0.0961 e. The van der Waals surface area contributed by atoms with Gasteiger partial charge in [0.25, 0.3) is 0 Å². The van der Waals surface area contributed by atoms with Crippen LogP contribution < -0.4 is 0 Å². The number of rotatable bonds is 1. The van der Waals surface area contributed by atoms with Crippen LogP contribution in [0.5, 0.6) is 0 Å². The van der Waals surface area contributed by atoms with Gasteiger partial charge in [0.1, 0.15) is 0 Å². The fraction of sp³-hybridized carbons (Fsp3) is 0.562. The van der Waals surface area contributed by atoms with Crippen LogP contribution in [0.25, 0.3) is 11.0 Å². The van der Waals surface area contributed by atoms with Crippen LogP contribution in [0.4, 0.5) is 0 Å². The standard InChI is InChI=1S/C16H23N3/c1-16(2,3)12-5-6-14-15(9-12)19(11-17-14)13-7-8-18(4)10-13/h5-6,9,11,13H,7-8,10H2,1-4H3. The second-order valence-electron chi connectivity index (χ2n) is 6.81. The second-order valence-corrected chi connectivity index (χ2v) is 6.81. The van der Waals surface area contributed by atoms with Gasteiger partial charge in [0, 0.05) is 12.6 Å². The molecule has 1 aliphatic rings. The van der Waals surface area contributed by atoms with Crippen LogP contribution in [0, 0.1) is 0 Å². The maximum absolute atomic E-state index is 4.56. The van der Waals surface area contributed by atoms with E-state index < -0.39 is 0 Å². The zero-order valence-electron chi connectivity index (χ0n) is 12.3. The number of hydrogen-bond donors (Lipinski definition) is 0. The summed E-state index contributed by atoms with van der Waals surface area (Å²) in [5, 5.41) is 0. The van der Waals surface area contributed by atoms with Gasteiger partial charge >= 0.3 is 0 Å². The van der Waals surface area contributed by atoms with E-state index in [-0.39, 0.29) is 5.41 Å². The first-order valence-corrected chi connectivity index (χ1v) is 7.11. The molecule has 102 valence electrons. The molecule has 0 radical (unpaired) electrons. The van der Waals surface area contributed by atoms with Crippen molar-refractivity contribution < 1.29 is 0 Å². The van der Waals surface area contributed by atoms with Crippen molar-refractivity contribution in [1.82, 2.24) is 14.5 Å². The van der Waals surface area contributed by atoms with Crippen LogP contribution in [-0.4, -0.2) is 34.6 Å². The minimum absolute atomic E-state index is 0.190. The van der Waals surface area contributed by atoms with E-state index in [1.165, 1.54) is 24.0 Å². The zero-order chi connectivity index (χ0) is 13.6. The molecule has 0 aliphatic carbocycles. The average Bonchev–Trinajstić information content (AvgIpc) is 2.92. The summed E-state index contributed by atoms with van der Waals surface area (Å²) in [5.41, 5.74) is 3.97. The summed E-state index contributed by atoms with van der Waals surface area (Å²) >= 11 is 0. The first-order valence-electron chi connectivity index (χ1n) is 7.11. The van der Waals surface area contributed by atoms with E-state index >= 15 is 0 Å². The first-order chi connectivity index (χ1) is 8.95. The molecule has 3 rings (SSSR count). The molecular formula is C16H23N3. The van der Waals surface area contributed by atoms with Gasteiger partial charge in [-0.3, -0.25) is 0 Å². The summed E-state index contributed by atoms with van der Waals surface area (Å²) in [5.74, 6) is 0. The molecule has 1 atom stereocenters. The van der Waals surface area contributed by atoms with Crippen LogP contribution in [0.1, 0.15) is 38.8 Å². The van der Waals surface area contributed by atoms with Crippen molar-refractivity contribution >= 4 is 11.0 Å².